The summed E-state index contributed by atoms with van der Waals surface area (Å²) in [6.07, 6.45) is 1.47. The van der Waals surface area contributed by atoms with E-state index in [1.54, 1.807) is 24.3 Å². The summed E-state index contributed by atoms with van der Waals surface area (Å²) in [6.45, 7) is 1.84. The number of hydrogen-bond acceptors (Lipinski definition) is 3. The van der Waals surface area contributed by atoms with E-state index in [9.17, 15) is 9.59 Å². The highest BCUT2D eigenvalue weighted by molar-refractivity contribution is 6.31. The van der Waals surface area contributed by atoms with Gasteiger partial charge in [0.1, 0.15) is 0 Å². The molecule has 0 aliphatic carbocycles. The minimum Gasteiger partial charge on any atom is -0.369 e. The van der Waals surface area contributed by atoms with Crippen LogP contribution in [0.3, 0.4) is 0 Å². The van der Waals surface area contributed by atoms with Gasteiger partial charge in [0.05, 0.1) is 6.54 Å². The van der Waals surface area contributed by atoms with Crippen molar-refractivity contribution in [3.05, 3.63) is 34.9 Å². The fraction of sp³-hybridized carbons (Fsp3) is 0.429. The number of amides is 1. The predicted molar refractivity (Wildman–Crippen MR) is 74.1 cm³/mol. The molecule has 19 heavy (non-hydrogen) atoms. The van der Waals surface area contributed by atoms with Gasteiger partial charge >= 0.3 is 0 Å². The van der Waals surface area contributed by atoms with Gasteiger partial charge in [-0.1, -0.05) is 23.7 Å². The van der Waals surface area contributed by atoms with Crippen LogP contribution in [0, 0.1) is 5.92 Å². The Hall–Kier alpha value is -1.39. The molecule has 2 N–H and O–H groups in total. The van der Waals surface area contributed by atoms with Crippen LogP contribution < -0.4 is 5.73 Å². The van der Waals surface area contributed by atoms with Gasteiger partial charge < -0.3 is 5.73 Å². The first-order valence-electron chi connectivity index (χ1n) is 6.36. The van der Waals surface area contributed by atoms with Gasteiger partial charge in [-0.25, -0.2) is 0 Å². The summed E-state index contributed by atoms with van der Waals surface area (Å²) in [6, 6.07) is 6.97. The van der Waals surface area contributed by atoms with Crippen LogP contribution in [-0.2, 0) is 4.79 Å². The molecule has 1 heterocycles. The maximum absolute atomic E-state index is 12.1. The number of nitrogens with zero attached hydrogens (tertiary/aromatic N) is 1. The molecule has 1 saturated heterocycles. The largest absolute Gasteiger partial charge is 0.369 e. The van der Waals surface area contributed by atoms with Crippen molar-refractivity contribution in [1.82, 2.24) is 4.90 Å². The van der Waals surface area contributed by atoms with Gasteiger partial charge in [-0.05, 0) is 38.1 Å². The van der Waals surface area contributed by atoms with Crippen molar-refractivity contribution in [3.63, 3.8) is 0 Å². The zero-order valence-electron chi connectivity index (χ0n) is 10.6. The highest BCUT2D eigenvalue weighted by atomic mass is 35.5. The van der Waals surface area contributed by atoms with Crippen LogP contribution in [0.5, 0.6) is 0 Å². The maximum Gasteiger partial charge on any atom is 0.220 e. The molecule has 1 aliphatic heterocycles. The molecule has 1 aromatic rings. The van der Waals surface area contributed by atoms with Crippen molar-refractivity contribution < 1.29 is 9.59 Å². The van der Waals surface area contributed by atoms with Gasteiger partial charge in [0.15, 0.2) is 5.78 Å². The van der Waals surface area contributed by atoms with Crippen LogP contribution in [-0.4, -0.2) is 36.2 Å². The van der Waals surface area contributed by atoms with E-state index in [2.05, 4.69) is 4.90 Å². The van der Waals surface area contributed by atoms with Crippen molar-refractivity contribution in [2.45, 2.75) is 12.8 Å². The van der Waals surface area contributed by atoms with Crippen molar-refractivity contribution >= 4 is 23.3 Å². The summed E-state index contributed by atoms with van der Waals surface area (Å²) in [7, 11) is 0. The molecular formula is C14H17ClN2O2. The predicted octanol–water partition coefficient (Wildman–Crippen LogP) is 1.72. The Labute approximate surface area is 117 Å². The summed E-state index contributed by atoms with van der Waals surface area (Å²) in [5, 5.41) is 0.568. The Bertz CT molecular complexity index is 482. The molecule has 4 nitrogen and oxygen atoms in total. The third-order valence-electron chi connectivity index (χ3n) is 3.50. The fourth-order valence-electron chi connectivity index (χ4n) is 2.33. The fourth-order valence-corrected chi connectivity index (χ4v) is 2.52. The topological polar surface area (TPSA) is 63.4 Å². The number of likely N-dealkylation sites (tertiary alicyclic amines) is 1. The first-order chi connectivity index (χ1) is 9.06. The van der Waals surface area contributed by atoms with Crippen molar-refractivity contribution in [3.8, 4) is 0 Å². The van der Waals surface area contributed by atoms with Gasteiger partial charge in [0.25, 0.3) is 0 Å². The van der Waals surface area contributed by atoms with E-state index in [1.165, 1.54) is 0 Å². The first kappa shape index (κ1) is 14.0. The minimum absolute atomic E-state index is 0.0440. The lowest BCUT2D eigenvalue weighted by Crippen LogP contribution is -2.40. The summed E-state index contributed by atoms with van der Waals surface area (Å²) >= 11 is 5.87. The van der Waals surface area contributed by atoms with Crippen LogP contribution in [0.15, 0.2) is 24.3 Å². The van der Waals surface area contributed by atoms with Crippen LogP contribution >= 0.6 is 11.6 Å². The molecule has 1 aliphatic rings. The molecule has 0 radical (unpaired) electrons. The van der Waals surface area contributed by atoms with Gasteiger partial charge in [0.2, 0.25) is 5.91 Å². The van der Waals surface area contributed by atoms with Crippen molar-refractivity contribution in [2.24, 2.45) is 11.7 Å². The molecule has 0 saturated carbocycles. The van der Waals surface area contributed by atoms with E-state index >= 15 is 0 Å². The summed E-state index contributed by atoms with van der Waals surface area (Å²) < 4.78 is 0. The number of ketones is 1. The van der Waals surface area contributed by atoms with Crippen molar-refractivity contribution in [1.29, 1.82) is 0 Å². The lowest BCUT2D eigenvalue weighted by atomic mass is 9.96. The van der Waals surface area contributed by atoms with E-state index in [4.69, 9.17) is 17.3 Å². The molecule has 0 unspecified atom stereocenters. The van der Waals surface area contributed by atoms with Gasteiger partial charge in [-0.3, -0.25) is 14.5 Å². The molecule has 1 aromatic carbocycles. The Morgan fingerprint density at radius 2 is 2.00 bits per heavy atom. The Kier molecular flexibility index (Phi) is 4.56. The number of hydrogen-bond donors (Lipinski definition) is 1. The highest BCUT2D eigenvalue weighted by Gasteiger charge is 2.24. The number of rotatable bonds is 4. The molecule has 2 rings (SSSR count). The molecule has 0 bridgehead atoms. The maximum atomic E-state index is 12.1. The summed E-state index contributed by atoms with van der Waals surface area (Å²) in [4.78, 5) is 25.2. The Morgan fingerprint density at radius 3 is 2.58 bits per heavy atom. The second kappa shape index (κ2) is 6.17. The standard InChI is InChI=1S/C14H17ClN2O2/c15-12-3-1-2-11(8-12)13(18)9-17-6-4-10(5-7-17)14(16)19/h1-3,8,10H,4-7,9H2,(H2,16,19). The third-order valence-corrected chi connectivity index (χ3v) is 3.74. The molecule has 1 amide bonds. The molecular weight excluding hydrogens is 264 g/mol. The Morgan fingerprint density at radius 1 is 1.32 bits per heavy atom. The third kappa shape index (κ3) is 3.78. The molecule has 5 heteroatoms. The van der Waals surface area contributed by atoms with E-state index in [-0.39, 0.29) is 17.6 Å². The smallest absolute Gasteiger partial charge is 0.220 e. The van der Waals surface area contributed by atoms with Crippen molar-refractivity contribution in [2.75, 3.05) is 19.6 Å². The number of benzene rings is 1. The lowest BCUT2D eigenvalue weighted by molar-refractivity contribution is -0.123. The van der Waals surface area contributed by atoms with Gasteiger partial charge in [0, 0.05) is 16.5 Å². The Balaban J connectivity index is 1.89. The quantitative estimate of drug-likeness (QED) is 0.854. The van der Waals surface area contributed by atoms with Crippen LogP contribution in [0.25, 0.3) is 0 Å². The molecule has 0 spiro atoms. The average molecular weight is 281 g/mol. The number of carbonyl (C=O) groups is 2. The molecule has 0 atom stereocenters. The number of Topliss-reactive ketones (excluding diaryl/α,β-unsaturated/α-hetero) is 1. The van der Waals surface area contributed by atoms with Crippen LogP contribution in [0.1, 0.15) is 23.2 Å². The monoisotopic (exact) mass is 280 g/mol. The summed E-state index contributed by atoms with van der Waals surface area (Å²) in [5.41, 5.74) is 5.91. The minimum atomic E-state index is -0.235. The zero-order valence-corrected chi connectivity index (χ0v) is 11.4. The number of carbonyl (C=O) groups excluding carboxylic acids is 2. The SMILES string of the molecule is NC(=O)C1CCN(CC(=O)c2cccc(Cl)c2)CC1. The van der Waals surface area contributed by atoms with Gasteiger partial charge in [-0.2, -0.15) is 0 Å². The van der Waals surface area contributed by atoms with Crippen LogP contribution in [0.2, 0.25) is 5.02 Å². The van der Waals surface area contributed by atoms with Gasteiger partial charge in [-0.15, -0.1) is 0 Å². The van der Waals surface area contributed by atoms with E-state index in [1.807, 2.05) is 0 Å². The average Bonchev–Trinajstić information content (AvgIpc) is 2.39. The van der Waals surface area contributed by atoms with E-state index < -0.39 is 0 Å². The first-order valence-corrected chi connectivity index (χ1v) is 6.74. The number of nitrogens with two attached hydrogens (primary N) is 1. The zero-order chi connectivity index (χ0) is 13.8. The van der Waals surface area contributed by atoms with E-state index in [0.717, 1.165) is 25.9 Å². The second-order valence-electron chi connectivity index (χ2n) is 4.89. The number of piperidine rings is 1. The molecule has 0 aromatic heterocycles. The summed E-state index contributed by atoms with van der Waals surface area (Å²) in [5.74, 6) is -0.224. The van der Waals surface area contributed by atoms with Crippen LogP contribution in [0.4, 0.5) is 0 Å². The number of halogens is 1. The van der Waals surface area contributed by atoms with E-state index in [0.29, 0.717) is 17.1 Å². The number of primary amides is 1. The lowest BCUT2D eigenvalue weighted by Gasteiger charge is -2.29. The molecule has 1 fully saturated rings. The molecule has 102 valence electrons. The second-order valence-corrected chi connectivity index (χ2v) is 5.32. The normalized spacial score (nSPS) is 17.3. The highest BCUT2D eigenvalue weighted by Crippen LogP contribution is 2.17.